The summed E-state index contributed by atoms with van der Waals surface area (Å²) in [7, 11) is -3.94. The number of hydrogen-bond acceptors (Lipinski definition) is 4. The molecule has 0 heterocycles. The van der Waals surface area contributed by atoms with Crippen molar-refractivity contribution in [2.45, 2.75) is 18.4 Å². The van der Waals surface area contributed by atoms with Crippen LogP contribution in [-0.4, -0.2) is 8.42 Å². The molecule has 0 saturated heterocycles. The summed E-state index contributed by atoms with van der Waals surface area (Å²) in [5.41, 5.74) is 1.95. The molecule has 0 radical (unpaired) electrons. The van der Waals surface area contributed by atoms with E-state index >= 15 is 0 Å². The fourth-order valence-corrected chi connectivity index (χ4v) is 4.53. The van der Waals surface area contributed by atoms with Crippen molar-refractivity contribution in [2.24, 2.45) is 0 Å². The zero-order valence-corrected chi connectivity index (χ0v) is 19.4. The fourth-order valence-electron chi connectivity index (χ4n) is 2.72. The lowest BCUT2D eigenvalue weighted by atomic mass is 10.2. The lowest BCUT2D eigenvalue weighted by molar-refractivity contribution is 0.306. The third kappa shape index (κ3) is 5.41. The van der Waals surface area contributed by atoms with E-state index in [1.165, 1.54) is 18.2 Å². The maximum absolute atomic E-state index is 12.8. The minimum Gasteiger partial charge on any atom is -0.489 e. The van der Waals surface area contributed by atoms with Crippen LogP contribution >= 0.6 is 34.8 Å². The Balaban J connectivity index is 1.87. The smallest absolute Gasteiger partial charge is 0.216 e. The monoisotopic (exact) mass is 491 g/mol. The van der Waals surface area contributed by atoms with Gasteiger partial charge in [0, 0.05) is 10.6 Å². The molecule has 0 aliphatic carbocycles. The zero-order valence-electron chi connectivity index (χ0n) is 16.3. The number of rotatable bonds is 6. The first-order valence-corrected chi connectivity index (χ1v) is 11.6. The van der Waals surface area contributed by atoms with Gasteiger partial charge in [0.05, 0.1) is 14.9 Å². The third-order valence-corrected chi connectivity index (χ3v) is 7.29. The van der Waals surface area contributed by atoms with Crippen LogP contribution in [0, 0.1) is 18.3 Å². The molecule has 0 aliphatic heterocycles. The first-order valence-electron chi connectivity index (χ1n) is 9.01. The van der Waals surface area contributed by atoms with E-state index in [4.69, 9.17) is 39.5 Å². The van der Waals surface area contributed by atoms with Crippen LogP contribution < -0.4 is 4.74 Å². The molecule has 0 aliphatic rings. The highest BCUT2D eigenvalue weighted by molar-refractivity contribution is 7.95. The van der Waals surface area contributed by atoms with E-state index in [1.807, 2.05) is 6.92 Å². The van der Waals surface area contributed by atoms with Crippen molar-refractivity contribution < 1.29 is 13.2 Å². The van der Waals surface area contributed by atoms with Gasteiger partial charge in [0.15, 0.2) is 0 Å². The number of aryl methyl sites for hydroxylation is 1. The molecular formula is C23H16Cl3NO3S. The van der Waals surface area contributed by atoms with Gasteiger partial charge in [-0.3, -0.25) is 0 Å². The van der Waals surface area contributed by atoms with Crippen LogP contribution in [0.3, 0.4) is 0 Å². The fraction of sp³-hybridized carbons (Fsp3) is 0.0870. The second-order valence-corrected chi connectivity index (χ2v) is 9.73. The molecule has 0 N–H and O–H groups in total. The van der Waals surface area contributed by atoms with Crippen LogP contribution in [0.1, 0.15) is 16.7 Å². The van der Waals surface area contributed by atoms with Crippen LogP contribution in [-0.2, 0) is 16.4 Å². The molecule has 3 aromatic carbocycles. The van der Waals surface area contributed by atoms with Crippen LogP contribution in [0.2, 0.25) is 15.1 Å². The molecule has 0 unspecified atom stereocenters. The topological polar surface area (TPSA) is 67.2 Å². The minimum absolute atomic E-state index is 0.0588. The molecule has 3 rings (SSSR count). The van der Waals surface area contributed by atoms with Crippen LogP contribution in [0.25, 0.3) is 6.08 Å². The van der Waals surface area contributed by atoms with E-state index in [0.717, 1.165) is 5.56 Å². The third-order valence-electron chi connectivity index (χ3n) is 4.41. The zero-order chi connectivity index (χ0) is 22.6. The predicted molar refractivity (Wildman–Crippen MR) is 124 cm³/mol. The number of allylic oxidation sites excluding steroid dienone is 1. The second kappa shape index (κ2) is 9.76. The molecular weight excluding hydrogens is 477 g/mol. The van der Waals surface area contributed by atoms with Gasteiger partial charge in [0.1, 0.15) is 23.3 Å². The van der Waals surface area contributed by atoms with Crippen molar-refractivity contribution in [1.29, 1.82) is 5.26 Å². The normalized spacial score (nSPS) is 11.8. The number of hydrogen-bond donors (Lipinski definition) is 0. The minimum atomic E-state index is -3.94. The van der Waals surface area contributed by atoms with Gasteiger partial charge in [-0.15, -0.1) is 0 Å². The molecule has 0 atom stereocenters. The summed E-state index contributed by atoms with van der Waals surface area (Å²) in [5.74, 6) is 0.450. The van der Waals surface area contributed by atoms with Crippen molar-refractivity contribution in [1.82, 2.24) is 0 Å². The Kier molecular flexibility index (Phi) is 7.30. The van der Waals surface area contributed by atoms with Gasteiger partial charge in [-0.05, 0) is 55.0 Å². The molecule has 3 aromatic rings. The van der Waals surface area contributed by atoms with Crippen molar-refractivity contribution >= 4 is 50.7 Å². The maximum Gasteiger partial charge on any atom is 0.216 e. The first kappa shape index (κ1) is 23.2. The van der Waals surface area contributed by atoms with E-state index in [0.29, 0.717) is 31.9 Å². The second-order valence-electron chi connectivity index (χ2n) is 6.62. The Labute approximate surface area is 196 Å². The number of halogens is 3. The van der Waals surface area contributed by atoms with E-state index in [1.54, 1.807) is 54.6 Å². The lowest BCUT2D eigenvalue weighted by Gasteiger charge is -2.11. The van der Waals surface area contributed by atoms with Gasteiger partial charge in [0.2, 0.25) is 9.84 Å². The molecule has 8 heteroatoms. The molecule has 0 fully saturated rings. The van der Waals surface area contributed by atoms with Crippen LogP contribution in [0.15, 0.2) is 70.5 Å². The van der Waals surface area contributed by atoms with Crippen molar-refractivity contribution in [3.05, 3.63) is 97.3 Å². The molecule has 0 aromatic heterocycles. The standard InChI is InChI=1S/C23H16Cl3NO3S/c1-15-5-7-18(8-6-15)31(28,29)19(13-27)12-16-3-2-4-17(11-16)30-14-20-21(24)9-10-22(25)23(20)26/h2-12H,14H2,1H3. The largest absolute Gasteiger partial charge is 0.489 e. The number of sulfone groups is 1. The number of nitrogens with zero attached hydrogens (tertiary/aromatic N) is 1. The Morgan fingerprint density at radius 2 is 1.71 bits per heavy atom. The number of nitriles is 1. The van der Waals surface area contributed by atoms with Crippen molar-refractivity contribution in [3.8, 4) is 11.8 Å². The van der Waals surface area contributed by atoms with Crippen LogP contribution in [0.5, 0.6) is 5.75 Å². The molecule has 158 valence electrons. The summed E-state index contributed by atoms with van der Waals surface area (Å²) < 4.78 is 31.4. The Morgan fingerprint density at radius 1 is 1.03 bits per heavy atom. The SMILES string of the molecule is Cc1ccc(S(=O)(=O)C(C#N)=Cc2cccc(OCc3c(Cl)ccc(Cl)c3Cl)c2)cc1. The molecule has 0 saturated carbocycles. The van der Waals surface area contributed by atoms with Gasteiger partial charge < -0.3 is 4.74 Å². The number of ether oxygens (including phenoxy) is 1. The van der Waals surface area contributed by atoms with Crippen molar-refractivity contribution in [2.75, 3.05) is 0 Å². The average Bonchev–Trinajstić information content (AvgIpc) is 2.75. The average molecular weight is 493 g/mol. The van der Waals surface area contributed by atoms with Gasteiger partial charge in [0.25, 0.3) is 0 Å². The summed E-state index contributed by atoms with van der Waals surface area (Å²) in [4.78, 5) is -0.307. The van der Waals surface area contributed by atoms with Gasteiger partial charge in [-0.1, -0.05) is 64.6 Å². The summed E-state index contributed by atoms with van der Waals surface area (Å²) in [6.45, 7) is 1.92. The van der Waals surface area contributed by atoms with E-state index in [9.17, 15) is 13.7 Å². The van der Waals surface area contributed by atoms with Crippen LogP contribution in [0.4, 0.5) is 0 Å². The highest BCUT2D eigenvalue weighted by atomic mass is 35.5. The molecule has 31 heavy (non-hydrogen) atoms. The van der Waals surface area contributed by atoms with Gasteiger partial charge >= 0.3 is 0 Å². The highest BCUT2D eigenvalue weighted by Crippen LogP contribution is 2.32. The molecule has 0 bridgehead atoms. The lowest BCUT2D eigenvalue weighted by Crippen LogP contribution is -2.03. The molecule has 4 nitrogen and oxygen atoms in total. The summed E-state index contributed by atoms with van der Waals surface area (Å²) >= 11 is 18.4. The Hall–Kier alpha value is -2.49. The molecule has 0 spiro atoms. The predicted octanol–water partition coefficient (Wildman–Crippen LogP) is 6.87. The van der Waals surface area contributed by atoms with E-state index in [-0.39, 0.29) is 16.4 Å². The highest BCUT2D eigenvalue weighted by Gasteiger charge is 2.20. The first-order chi connectivity index (χ1) is 14.7. The Bertz CT molecular complexity index is 1290. The van der Waals surface area contributed by atoms with E-state index < -0.39 is 9.84 Å². The maximum atomic E-state index is 12.8. The summed E-state index contributed by atoms with van der Waals surface area (Å²) in [6.07, 6.45) is 1.31. The summed E-state index contributed by atoms with van der Waals surface area (Å²) in [5, 5.41) is 10.6. The van der Waals surface area contributed by atoms with Gasteiger partial charge in [-0.2, -0.15) is 5.26 Å². The van der Waals surface area contributed by atoms with Crippen molar-refractivity contribution in [3.63, 3.8) is 0 Å². The number of benzene rings is 3. The van der Waals surface area contributed by atoms with E-state index in [2.05, 4.69) is 0 Å². The Morgan fingerprint density at radius 3 is 2.39 bits per heavy atom. The quantitative estimate of drug-likeness (QED) is 0.278. The molecule has 0 amide bonds. The summed E-state index contributed by atoms with van der Waals surface area (Å²) in [6, 6.07) is 18.0. The van der Waals surface area contributed by atoms with Gasteiger partial charge in [-0.25, -0.2) is 8.42 Å².